The number of ether oxygens (including phenoxy) is 1. The Morgan fingerprint density at radius 1 is 1.09 bits per heavy atom. The molecular formula is C16H13Cl2NO4. The van der Waals surface area contributed by atoms with Crippen molar-refractivity contribution in [3.8, 4) is 5.75 Å². The fourth-order valence-corrected chi connectivity index (χ4v) is 2.40. The first-order valence-electron chi connectivity index (χ1n) is 6.61. The number of benzene rings is 2. The van der Waals surface area contributed by atoms with Crippen molar-refractivity contribution in [1.29, 1.82) is 0 Å². The lowest BCUT2D eigenvalue weighted by Gasteiger charge is -2.15. The van der Waals surface area contributed by atoms with Crippen LogP contribution in [-0.4, -0.2) is 23.6 Å². The summed E-state index contributed by atoms with van der Waals surface area (Å²) in [4.78, 5) is 23.2. The summed E-state index contributed by atoms with van der Waals surface area (Å²) in [5, 5.41) is 12.4. The van der Waals surface area contributed by atoms with Crippen LogP contribution in [0.4, 0.5) is 0 Å². The van der Waals surface area contributed by atoms with Crippen molar-refractivity contribution >= 4 is 35.1 Å². The van der Waals surface area contributed by atoms with Gasteiger partial charge in [-0.3, -0.25) is 4.79 Å². The molecule has 1 amide bonds. The third kappa shape index (κ3) is 5.16. The molecule has 0 aliphatic rings. The van der Waals surface area contributed by atoms with E-state index in [1.54, 1.807) is 30.3 Å². The Kier molecular flexibility index (Phi) is 5.84. The monoisotopic (exact) mass is 353 g/mol. The number of aliphatic carboxylic acids is 1. The summed E-state index contributed by atoms with van der Waals surface area (Å²) in [6, 6.07) is 11.8. The van der Waals surface area contributed by atoms with Gasteiger partial charge in [0.15, 0.2) is 12.6 Å². The summed E-state index contributed by atoms with van der Waals surface area (Å²) in [6.45, 7) is -0.354. The van der Waals surface area contributed by atoms with E-state index in [-0.39, 0.29) is 6.61 Å². The molecule has 0 aliphatic heterocycles. The molecule has 0 spiro atoms. The highest BCUT2D eigenvalue weighted by Gasteiger charge is 2.21. The summed E-state index contributed by atoms with van der Waals surface area (Å²) in [7, 11) is 0. The zero-order valence-corrected chi connectivity index (χ0v) is 13.3. The van der Waals surface area contributed by atoms with E-state index in [2.05, 4.69) is 5.32 Å². The van der Waals surface area contributed by atoms with Crippen LogP contribution in [-0.2, 0) is 9.59 Å². The van der Waals surface area contributed by atoms with Crippen molar-refractivity contribution in [1.82, 2.24) is 5.32 Å². The number of carbonyl (C=O) groups is 2. The van der Waals surface area contributed by atoms with Gasteiger partial charge in [0.1, 0.15) is 5.75 Å². The van der Waals surface area contributed by atoms with Gasteiger partial charge in [-0.25, -0.2) is 4.79 Å². The molecule has 5 nitrogen and oxygen atoms in total. The maximum Gasteiger partial charge on any atom is 0.330 e. The molecule has 120 valence electrons. The quantitative estimate of drug-likeness (QED) is 0.835. The number of halogens is 2. The van der Waals surface area contributed by atoms with Gasteiger partial charge in [-0.2, -0.15) is 0 Å². The molecule has 0 radical (unpaired) electrons. The van der Waals surface area contributed by atoms with Gasteiger partial charge >= 0.3 is 5.97 Å². The van der Waals surface area contributed by atoms with Crippen LogP contribution in [0.2, 0.25) is 10.0 Å². The fourth-order valence-electron chi connectivity index (χ4n) is 1.90. The summed E-state index contributed by atoms with van der Waals surface area (Å²) < 4.78 is 5.27. The van der Waals surface area contributed by atoms with Crippen LogP contribution in [0.3, 0.4) is 0 Å². The Morgan fingerprint density at radius 3 is 2.26 bits per heavy atom. The number of carboxylic acid groups (broad SMARTS) is 1. The highest BCUT2D eigenvalue weighted by atomic mass is 35.5. The normalized spacial score (nSPS) is 11.6. The van der Waals surface area contributed by atoms with Crippen LogP contribution in [0.1, 0.15) is 11.6 Å². The Bertz CT molecular complexity index is 686. The molecule has 2 N–H and O–H groups in total. The van der Waals surface area contributed by atoms with E-state index in [0.29, 0.717) is 21.4 Å². The number of nitrogens with one attached hydrogen (secondary N) is 1. The number of amides is 1. The van der Waals surface area contributed by atoms with Crippen molar-refractivity contribution in [2.24, 2.45) is 0 Å². The predicted octanol–water partition coefficient (Wildman–Crippen LogP) is 3.31. The average Bonchev–Trinajstić information content (AvgIpc) is 2.50. The Morgan fingerprint density at radius 2 is 1.70 bits per heavy atom. The van der Waals surface area contributed by atoms with E-state index < -0.39 is 17.9 Å². The topological polar surface area (TPSA) is 75.6 Å². The maximum atomic E-state index is 11.9. The lowest BCUT2D eigenvalue weighted by Crippen LogP contribution is -2.36. The third-order valence-corrected chi connectivity index (χ3v) is 3.33. The second-order valence-corrected chi connectivity index (χ2v) is 5.52. The maximum absolute atomic E-state index is 11.9. The first kappa shape index (κ1) is 17.1. The Hall–Kier alpha value is -2.24. The zero-order chi connectivity index (χ0) is 16.8. The first-order chi connectivity index (χ1) is 11.0. The predicted molar refractivity (Wildman–Crippen MR) is 86.9 cm³/mol. The molecular weight excluding hydrogens is 341 g/mol. The third-order valence-electron chi connectivity index (χ3n) is 2.89. The molecule has 2 rings (SSSR count). The minimum absolute atomic E-state index is 0.323. The highest BCUT2D eigenvalue weighted by Crippen LogP contribution is 2.24. The molecule has 1 unspecified atom stereocenters. The first-order valence-corrected chi connectivity index (χ1v) is 7.37. The molecule has 1 atom stereocenters. The van der Waals surface area contributed by atoms with Crippen molar-refractivity contribution in [2.45, 2.75) is 6.04 Å². The second kappa shape index (κ2) is 7.85. The molecule has 23 heavy (non-hydrogen) atoms. The van der Waals surface area contributed by atoms with Crippen molar-refractivity contribution in [2.75, 3.05) is 6.61 Å². The van der Waals surface area contributed by atoms with E-state index >= 15 is 0 Å². The molecule has 2 aromatic carbocycles. The SMILES string of the molecule is O=C(COc1cc(Cl)cc(Cl)c1)NC(C(=O)O)c1ccccc1. The van der Waals surface area contributed by atoms with E-state index in [0.717, 1.165) is 0 Å². The fraction of sp³-hybridized carbons (Fsp3) is 0.125. The van der Waals surface area contributed by atoms with Crippen molar-refractivity contribution in [3.05, 3.63) is 64.1 Å². The number of hydrogen-bond donors (Lipinski definition) is 2. The Balaban J connectivity index is 1.98. The van der Waals surface area contributed by atoms with Gasteiger partial charge in [-0.05, 0) is 23.8 Å². The van der Waals surface area contributed by atoms with Gasteiger partial charge in [0.2, 0.25) is 0 Å². The van der Waals surface area contributed by atoms with Crippen LogP contribution in [0.15, 0.2) is 48.5 Å². The molecule has 0 heterocycles. The summed E-state index contributed by atoms with van der Waals surface area (Å²) in [6.07, 6.45) is 0. The number of rotatable bonds is 6. The van der Waals surface area contributed by atoms with Gasteiger partial charge < -0.3 is 15.2 Å². The average molecular weight is 354 g/mol. The highest BCUT2D eigenvalue weighted by molar-refractivity contribution is 6.34. The van der Waals surface area contributed by atoms with Gasteiger partial charge in [-0.1, -0.05) is 53.5 Å². The largest absolute Gasteiger partial charge is 0.484 e. The van der Waals surface area contributed by atoms with Gasteiger partial charge in [-0.15, -0.1) is 0 Å². The van der Waals surface area contributed by atoms with Crippen LogP contribution in [0.5, 0.6) is 5.75 Å². The lowest BCUT2D eigenvalue weighted by atomic mass is 10.1. The smallest absolute Gasteiger partial charge is 0.330 e. The van der Waals surface area contributed by atoms with Gasteiger partial charge in [0, 0.05) is 10.0 Å². The second-order valence-electron chi connectivity index (χ2n) is 4.64. The van der Waals surface area contributed by atoms with E-state index in [9.17, 15) is 14.7 Å². The van der Waals surface area contributed by atoms with Gasteiger partial charge in [0.05, 0.1) is 0 Å². The molecule has 7 heteroatoms. The van der Waals surface area contributed by atoms with Crippen molar-refractivity contribution < 1.29 is 19.4 Å². The Labute approximate surface area is 142 Å². The van der Waals surface area contributed by atoms with Crippen molar-refractivity contribution in [3.63, 3.8) is 0 Å². The molecule has 0 saturated heterocycles. The molecule has 0 aliphatic carbocycles. The van der Waals surface area contributed by atoms with Crippen LogP contribution in [0, 0.1) is 0 Å². The van der Waals surface area contributed by atoms with E-state index in [1.165, 1.54) is 18.2 Å². The number of carbonyl (C=O) groups excluding carboxylic acids is 1. The summed E-state index contributed by atoms with van der Waals surface area (Å²) in [5.41, 5.74) is 0.471. The van der Waals surface area contributed by atoms with E-state index in [1.807, 2.05) is 0 Å². The molecule has 0 saturated carbocycles. The van der Waals surface area contributed by atoms with Crippen LogP contribution < -0.4 is 10.1 Å². The summed E-state index contributed by atoms with van der Waals surface area (Å²) >= 11 is 11.7. The summed E-state index contributed by atoms with van der Waals surface area (Å²) in [5.74, 6) is -1.41. The molecule has 0 fully saturated rings. The molecule has 2 aromatic rings. The minimum Gasteiger partial charge on any atom is -0.484 e. The van der Waals surface area contributed by atoms with E-state index in [4.69, 9.17) is 27.9 Å². The number of hydrogen-bond acceptors (Lipinski definition) is 3. The molecule has 0 bridgehead atoms. The number of carboxylic acids is 1. The lowest BCUT2D eigenvalue weighted by molar-refractivity contribution is -0.142. The van der Waals surface area contributed by atoms with Crippen LogP contribution in [0.25, 0.3) is 0 Å². The minimum atomic E-state index is -1.16. The van der Waals surface area contributed by atoms with Gasteiger partial charge in [0.25, 0.3) is 5.91 Å². The zero-order valence-electron chi connectivity index (χ0n) is 11.8. The standard InChI is InChI=1S/C16H13Cl2NO4/c17-11-6-12(18)8-13(7-11)23-9-14(20)19-15(16(21)22)10-4-2-1-3-5-10/h1-8,15H,9H2,(H,19,20)(H,21,22). The molecule has 0 aromatic heterocycles. The van der Waals surface area contributed by atoms with Crippen LogP contribution >= 0.6 is 23.2 Å².